The van der Waals surface area contributed by atoms with Crippen molar-refractivity contribution in [2.24, 2.45) is 0 Å². The second kappa shape index (κ2) is 7.04. The molecule has 1 saturated heterocycles. The number of rotatable bonds is 6. The van der Waals surface area contributed by atoms with Gasteiger partial charge in [-0.1, -0.05) is 13.8 Å². The molecule has 0 aliphatic carbocycles. The van der Waals surface area contributed by atoms with Gasteiger partial charge in [0.25, 0.3) is 0 Å². The maximum Gasteiger partial charge on any atom is 0.202 e. The molecule has 1 N–H and O–H groups in total. The Morgan fingerprint density at radius 2 is 2.06 bits per heavy atom. The summed E-state index contributed by atoms with van der Waals surface area (Å²) in [6.45, 7) is 8.09. The average molecular weight is 268 g/mol. The fourth-order valence-electron chi connectivity index (χ4n) is 2.43. The molecule has 1 fully saturated rings. The minimum atomic E-state index is 0.584. The minimum absolute atomic E-state index is 0.584. The van der Waals surface area contributed by atoms with E-state index in [1.807, 2.05) is 0 Å². The lowest BCUT2D eigenvalue weighted by Gasteiger charge is -2.31. The van der Waals surface area contributed by atoms with Crippen molar-refractivity contribution in [2.45, 2.75) is 52.0 Å². The van der Waals surface area contributed by atoms with Gasteiger partial charge in [-0.25, -0.2) is 4.98 Å². The van der Waals surface area contributed by atoms with Gasteiger partial charge in [0, 0.05) is 37.1 Å². The third kappa shape index (κ3) is 3.92. The molecule has 1 aromatic rings. The smallest absolute Gasteiger partial charge is 0.202 e. The van der Waals surface area contributed by atoms with Crippen LogP contribution in [0, 0.1) is 0 Å². The van der Waals surface area contributed by atoms with E-state index in [9.17, 15) is 0 Å². The monoisotopic (exact) mass is 268 g/mol. The average Bonchev–Trinajstić information content (AvgIpc) is 2.80. The first-order chi connectivity index (χ1) is 8.81. The fraction of sp³-hybridized carbons (Fsp3) is 0.846. The normalized spacial score (nSPS) is 18.1. The first-order valence-electron chi connectivity index (χ1n) is 7.13. The molecule has 2 rings (SSSR count). The maximum absolute atomic E-state index is 4.53. The maximum atomic E-state index is 4.53. The molecule has 0 atom stereocenters. The Kier molecular flexibility index (Phi) is 5.38. The van der Waals surface area contributed by atoms with Crippen LogP contribution < -0.4 is 5.32 Å². The first kappa shape index (κ1) is 13.7. The van der Waals surface area contributed by atoms with E-state index >= 15 is 0 Å². The molecule has 0 radical (unpaired) electrons. The van der Waals surface area contributed by atoms with E-state index in [1.54, 1.807) is 0 Å². The number of nitrogens with one attached hydrogen (secondary N) is 1. The molecule has 1 aliphatic rings. The number of aryl methyl sites for hydroxylation is 1. The molecule has 5 heteroatoms. The van der Waals surface area contributed by atoms with Crippen molar-refractivity contribution >= 4 is 16.7 Å². The number of hydrogen-bond donors (Lipinski definition) is 1. The zero-order chi connectivity index (χ0) is 12.8. The van der Waals surface area contributed by atoms with Crippen LogP contribution in [0.4, 0.5) is 5.13 Å². The summed E-state index contributed by atoms with van der Waals surface area (Å²) in [7, 11) is 0. The lowest BCUT2D eigenvalue weighted by molar-refractivity contribution is 0.219. The Bertz CT molecular complexity index is 345. The van der Waals surface area contributed by atoms with Gasteiger partial charge in [-0.3, -0.25) is 0 Å². The van der Waals surface area contributed by atoms with Crippen molar-refractivity contribution in [3.8, 4) is 0 Å². The highest BCUT2D eigenvalue weighted by Gasteiger charge is 2.19. The highest BCUT2D eigenvalue weighted by atomic mass is 32.1. The molecule has 0 unspecified atom stereocenters. The molecule has 0 saturated carbocycles. The van der Waals surface area contributed by atoms with Gasteiger partial charge in [0.05, 0.1) is 0 Å². The van der Waals surface area contributed by atoms with Crippen molar-refractivity contribution in [2.75, 3.05) is 25.0 Å². The Hall–Kier alpha value is -0.680. The number of hydrogen-bond acceptors (Lipinski definition) is 5. The molecule has 0 aromatic carbocycles. The van der Waals surface area contributed by atoms with Crippen molar-refractivity contribution in [1.82, 2.24) is 14.3 Å². The molecule has 102 valence electrons. The van der Waals surface area contributed by atoms with Crippen molar-refractivity contribution in [3.05, 3.63) is 5.82 Å². The van der Waals surface area contributed by atoms with E-state index in [0.717, 1.165) is 23.8 Å². The molecule has 0 bridgehead atoms. The fourth-order valence-corrected chi connectivity index (χ4v) is 3.12. The number of nitrogens with zero attached hydrogens (tertiary/aromatic N) is 3. The first-order valence-corrected chi connectivity index (χ1v) is 7.90. The summed E-state index contributed by atoms with van der Waals surface area (Å²) < 4.78 is 4.37. The molecule has 0 amide bonds. The van der Waals surface area contributed by atoms with Crippen molar-refractivity contribution in [3.63, 3.8) is 0 Å². The van der Waals surface area contributed by atoms with Gasteiger partial charge >= 0.3 is 0 Å². The minimum Gasteiger partial charge on any atom is -0.357 e. The second-order valence-corrected chi connectivity index (χ2v) is 5.78. The van der Waals surface area contributed by atoms with Crippen LogP contribution in [0.2, 0.25) is 0 Å². The Morgan fingerprint density at radius 3 is 2.72 bits per heavy atom. The third-order valence-corrected chi connectivity index (χ3v) is 4.08. The van der Waals surface area contributed by atoms with E-state index in [1.165, 1.54) is 50.4 Å². The lowest BCUT2D eigenvalue weighted by Crippen LogP contribution is -2.39. The predicted octanol–water partition coefficient (Wildman–Crippen LogP) is 2.78. The summed E-state index contributed by atoms with van der Waals surface area (Å²) in [5.74, 6) is 0.994. The van der Waals surface area contributed by atoms with E-state index in [2.05, 4.69) is 33.4 Å². The summed E-state index contributed by atoms with van der Waals surface area (Å²) in [5.41, 5.74) is 0. The SMILES string of the molecule is CCCc1nsc(NC2CCN(CCC)CC2)n1. The molecular formula is C13H24N4S. The van der Waals surface area contributed by atoms with Gasteiger partial charge in [-0.15, -0.1) is 0 Å². The Labute approximate surface area is 114 Å². The topological polar surface area (TPSA) is 41.1 Å². The van der Waals surface area contributed by atoms with Crippen LogP contribution in [-0.4, -0.2) is 39.9 Å². The van der Waals surface area contributed by atoms with Crippen LogP contribution in [-0.2, 0) is 6.42 Å². The van der Waals surface area contributed by atoms with Crippen molar-refractivity contribution < 1.29 is 0 Å². The van der Waals surface area contributed by atoms with Crippen LogP contribution in [0.3, 0.4) is 0 Å². The van der Waals surface area contributed by atoms with E-state index in [0.29, 0.717) is 6.04 Å². The Balaban J connectivity index is 1.76. The molecule has 1 aromatic heterocycles. The van der Waals surface area contributed by atoms with Gasteiger partial charge in [-0.2, -0.15) is 4.37 Å². The molecule has 0 spiro atoms. The van der Waals surface area contributed by atoms with Gasteiger partial charge in [0.2, 0.25) is 5.13 Å². The zero-order valence-electron chi connectivity index (χ0n) is 11.5. The number of anilines is 1. The zero-order valence-corrected chi connectivity index (χ0v) is 12.3. The quantitative estimate of drug-likeness (QED) is 0.861. The third-order valence-electron chi connectivity index (χ3n) is 3.40. The van der Waals surface area contributed by atoms with Crippen LogP contribution in [0.5, 0.6) is 0 Å². The van der Waals surface area contributed by atoms with Gasteiger partial charge < -0.3 is 10.2 Å². The van der Waals surface area contributed by atoms with E-state index in [-0.39, 0.29) is 0 Å². The summed E-state index contributed by atoms with van der Waals surface area (Å²) in [6.07, 6.45) is 5.82. The highest BCUT2D eigenvalue weighted by molar-refractivity contribution is 7.09. The van der Waals surface area contributed by atoms with E-state index < -0.39 is 0 Å². The van der Waals surface area contributed by atoms with Gasteiger partial charge in [-0.05, 0) is 32.2 Å². The lowest BCUT2D eigenvalue weighted by atomic mass is 10.1. The van der Waals surface area contributed by atoms with E-state index in [4.69, 9.17) is 0 Å². The molecule has 18 heavy (non-hydrogen) atoms. The molecular weight excluding hydrogens is 244 g/mol. The number of aromatic nitrogens is 2. The van der Waals surface area contributed by atoms with Gasteiger partial charge in [0.15, 0.2) is 0 Å². The summed E-state index contributed by atoms with van der Waals surface area (Å²) in [6, 6.07) is 0.584. The summed E-state index contributed by atoms with van der Waals surface area (Å²) in [5, 5.41) is 4.55. The standard InChI is InChI=1S/C13H24N4S/c1-3-5-12-15-13(18-16-12)14-11-6-9-17(8-4-2)10-7-11/h11H,3-10H2,1-2H3,(H,14,15,16). The number of likely N-dealkylation sites (tertiary alicyclic amines) is 1. The Morgan fingerprint density at radius 1 is 1.28 bits per heavy atom. The van der Waals surface area contributed by atoms with Gasteiger partial charge in [0.1, 0.15) is 5.82 Å². The predicted molar refractivity (Wildman–Crippen MR) is 77.3 cm³/mol. The van der Waals surface area contributed by atoms with Crippen LogP contribution in [0.25, 0.3) is 0 Å². The largest absolute Gasteiger partial charge is 0.357 e. The van der Waals surface area contributed by atoms with Crippen LogP contribution in [0.1, 0.15) is 45.4 Å². The van der Waals surface area contributed by atoms with Crippen LogP contribution in [0.15, 0.2) is 0 Å². The number of piperidine rings is 1. The second-order valence-electron chi connectivity index (χ2n) is 5.03. The molecule has 1 aliphatic heterocycles. The summed E-state index contributed by atoms with van der Waals surface area (Å²) in [4.78, 5) is 7.09. The molecule has 4 nitrogen and oxygen atoms in total. The van der Waals surface area contributed by atoms with Crippen LogP contribution >= 0.6 is 11.5 Å². The van der Waals surface area contributed by atoms with Crippen molar-refractivity contribution in [1.29, 1.82) is 0 Å². The summed E-state index contributed by atoms with van der Waals surface area (Å²) >= 11 is 1.51. The molecule has 2 heterocycles. The highest BCUT2D eigenvalue weighted by Crippen LogP contribution is 2.18.